The standard InChI is InChI=1S/C23H21ClN4O2S/c1-2-15-7-10-18(11-8-15)28-14-17(13-21(28)30)22-26-27-23(31-22)25-20(29)12-9-16-5-3-4-6-19(16)24/h3-12,17H,2,13-14H2,1H3,(H,25,27,29)/b12-9+. The number of hydrogen-bond acceptors (Lipinski definition) is 5. The molecule has 8 heteroatoms. The lowest BCUT2D eigenvalue weighted by Crippen LogP contribution is -2.24. The first-order chi connectivity index (χ1) is 15.0. The van der Waals surface area contributed by atoms with E-state index in [9.17, 15) is 9.59 Å². The normalized spacial score (nSPS) is 16.3. The summed E-state index contributed by atoms with van der Waals surface area (Å²) in [7, 11) is 0. The van der Waals surface area contributed by atoms with E-state index in [1.165, 1.54) is 23.0 Å². The minimum atomic E-state index is -0.317. The number of aryl methyl sites for hydroxylation is 1. The van der Waals surface area contributed by atoms with Crippen LogP contribution in [-0.2, 0) is 16.0 Å². The molecule has 1 aliphatic rings. The Labute approximate surface area is 189 Å². The molecule has 6 nitrogen and oxygen atoms in total. The van der Waals surface area contributed by atoms with Gasteiger partial charge >= 0.3 is 0 Å². The number of anilines is 2. The Morgan fingerprint density at radius 3 is 2.74 bits per heavy atom. The first-order valence-corrected chi connectivity index (χ1v) is 11.2. The zero-order chi connectivity index (χ0) is 21.8. The third-order valence-electron chi connectivity index (χ3n) is 5.12. The van der Waals surface area contributed by atoms with E-state index in [1.54, 1.807) is 17.0 Å². The Bertz CT molecular complexity index is 1130. The van der Waals surface area contributed by atoms with Gasteiger partial charge in [0, 0.05) is 35.7 Å². The fraction of sp³-hybridized carbons (Fsp3) is 0.217. The van der Waals surface area contributed by atoms with Gasteiger partial charge in [0.2, 0.25) is 16.9 Å². The van der Waals surface area contributed by atoms with Crippen LogP contribution in [0.1, 0.15) is 35.4 Å². The smallest absolute Gasteiger partial charge is 0.250 e. The van der Waals surface area contributed by atoms with Crippen molar-refractivity contribution in [2.45, 2.75) is 25.7 Å². The van der Waals surface area contributed by atoms with Crippen molar-refractivity contribution >= 4 is 51.6 Å². The number of halogens is 1. The van der Waals surface area contributed by atoms with Crippen molar-refractivity contribution in [3.63, 3.8) is 0 Å². The van der Waals surface area contributed by atoms with Crippen LogP contribution >= 0.6 is 22.9 Å². The number of nitrogens with zero attached hydrogens (tertiary/aromatic N) is 3. The molecule has 1 atom stereocenters. The highest BCUT2D eigenvalue weighted by Gasteiger charge is 2.33. The van der Waals surface area contributed by atoms with Crippen molar-refractivity contribution in [1.82, 2.24) is 10.2 Å². The van der Waals surface area contributed by atoms with Crippen LogP contribution in [-0.4, -0.2) is 28.6 Å². The van der Waals surface area contributed by atoms with Crippen LogP contribution in [0.5, 0.6) is 0 Å². The van der Waals surface area contributed by atoms with Crippen molar-refractivity contribution in [3.05, 3.63) is 75.8 Å². The van der Waals surface area contributed by atoms with Crippen LogP contribution < -0.4 is 10.2 Å². The summed E-state index contributed by atoms with van der Waals surface area (Å²) >= 11 is 7.39. The highest BCUT2D eigenvalue weighted by molar-refractivity contribution is 7.15. The van der Waals surface area contributed by atoms with Crippen LogP contribution in [0.15, 0.2) is 54.6 Å². The molecule has 0 saturated carbocycles. The molecule has 0 bridgehead atoms. The van der Waals surface area contributed by atoms with Gasteiger partial charge in [-0.15, -0.1) is 10.2 Å². The van der Waals surface area contributed by atoms with E-state index in [2.05, 4.69) is 22.4 Å². The topological polar surface area (TPSA) is 75.2 Å². The maximum atomic E-state index is 12.5. The van der Waals surface area contributed by atoms with E-state index >= 15 is 0 Å². The van der Waals surface area contributed by atoms with Crippen molar-refractivity contribution < 1.29 is 9.59 Å². The Hall–Kier alpha value is -3.03. The molecule has 4 rings (SSSR count). The van der Waals surface area contributed by atoms with Gasteiger partial charge in [-0.1, -0.05) is 60.2 Å². The molecular weight excluding hydrogens is 432 g/mol. The number of rotatable bonds is 6. The number of carbonyl (C=O) groups excluding carboxylic acids is 2. The molecule has 158 valence electrons. The molecular formula is C23H21ClN4O2S. The molecule has 1 aromatic heterocycles. The number of hydrogen-bond donors (Lipinski definition) is 1. The maximum absolute atomic E-state index is 12.5. The van der Waals surface area contributed by atoms with E-state index in [4.69, 9.17) is 11.6 Å². The summed E-state index contributed by atoms with van der Waals surface area (Å²) in [5.41, 5.74) is 2.89. The molecule has 2 aromatic carbocycles. The van der Waals surface area contributed by atoms with Crippen molar-refractivity contribution in [1.29, 1.82) is 0 Å². The molecule has 2 amide bonds. The quantitative estimate of drug-likeness (QED) is 0.538. The second kappa shape index (κ2) is 9.41. The first-order valence-electron chi connectivity index (χ1n) is 9.99. The van der Waals surface area contributed by atoms with Gasteiger partial charge in [0.1, 0.15) is 5.01 Å². The van der Waals surface area contributed by atoms with Crippen LogP contribution in [0.3, 0.4) is 0 Å². The van der Waals surface area contributed by atoms with Gasteiger partial charge < -0.3 is 4.90 Å². The minimum absolute atomic E-state index is 0.0415. The predicted octanol–water partition coefficient (Wildman–Crippen LogP) is 4.93. The zero-order valence-electron chi connectivity index (χ0n) is 16.9. The van der Waals surface area contributed by atoms with Crippen LogP contribution in [0.25, 0.3) is 6.08 Å². The summed E-state index contributed by atoms with van der Waals surface area (Å²) in [6.07, 6.45) is 4.40. The predicted molar refractivity (Wildman–Crippen MR) is 125 cm³/mol. The van der Waals surface area contributed by atoms with Crippen molar-refractivity contribution in [2.75, 3.05) is 16.8 Å². The lowest BCUT2D eigenvalue weighted by Gasteiger charge is -2.16. The molecule has 1 fully saturated rings. The van der Waals surface area contributed by atoms with Gasteiger partial charge in [-0.3, -0.25) is 14.9 Å². The molecule has 1 saturated heterocycles. The van der Waals surface area contributed by atoms with Gasteiger partial charge in [-0.2, -0.15) is 0 Å². The molecule has 1 N–H and O–H groups in total. The average molecular weight is 453 g/mol. The Morgan fingerprint density at radius 2 is 2.00 bits per heavy atom. The number of aromatic nitrogens is 2. The molecule has 0 spiro atoms. The Balaban J connectivity index is 1.39. The Kier molecular flexibility index (Phi) is 6.44. The van der Waals surface area contributed by atoms with E-state index < -0.39 is 0 Å². The molecule has 0 radical (unpaired) electrons. The Morgan fingerprint density at radius 1 is 1.23 bits per heavy atom. The highest BCUT2D eigenvalue weighted by Crippen LogP contribution is 2.34. The number of amides is 2. The minimum Gasteiger partial charge on any atom is -0.312 e. The number of benzene rings is 2. The molecule has 1 aliphatic heterocycles. The summed E-state index contributed by atoms with van der Waals surface area (Å²) in [6.45, 7) is 2.66. The zero-order valence-corrected chi connectivity index (χ0v) is 18.5. The van der Waals surface area contributed by atoms with Gasteiger partial charge in [0.25, 0.3) is 0 Å². The second-order valence-electron chi connectivity index (χ2n) is 7.21. The molecule has 0 aliphatic carbocycles. The van der Waals surface area contributed by atoms with E-state index in [0.29, 0.717) is 23.1 Å². The molecule has 3 aromatic rings. The summed E-state index contributed by atoms with van der Waals surface area (Å²) in [4.78, 5) is 26.5. The third kappa shape index (κ3) is 5.00. The highest BCUT2D eigenvalue weighted by atomic mass is 35.5. The van der Waals surface area contributed by atoms with Crippen molar-refractivity contribution in [3.8, 4) is 0 Å². The van der Waals surface area contributed by atoms with Gasteiger partial charge in [0.05, 0.1) is 0 Å². The van der Waals surface area contributed by atoms with Gasteiger partial charge in [-0.25, -0.2) is 0 Å². The SMILES string of the molecule is CCc1ccc(N2CC(c3nnc(NC(=O)/C=C/c4ccccc4Cl)s3)CC2=O)cc1. The fourth-order valence-electron chi connectivity index (χ4n) is 3.41. The first kappa shape index (κ1) is 21.2. The maximum Gasteiger partial charge on any atom is 0.250 e. The summed E-state index contributed by atoms with van der Waals surface area (Å²) in [6, 6.07) is 15.3. The van der Waals surface area contributed by atoms with E-state index in [-0.39, 0.29) is 17.7 Å². The number of carbonyl (C=O) groups is 2. The molecule has 31 heavy (non-hydrogen) atoms. The third-order valence-corrected chi connectivity index (χ3v) is 6.47. The molecule has 1 unspecified atom stereocenters. The van der Waals surface area contributed by atoms with E-state index in [1.807, 2.05) is 42.5 Å². The van der Waals surface area contributed by atoms with Crippen LogP contribution in [0.2, 0.25) is 5.02 Å². The van der Waals surface area contributed by atoms with Gasteiger partial charge in [-0.05, 0) is 41.8 Å². The van der Waals surface area contributed by atoms with Crippen LogP contribution in [0, 0.1) is 0 Å². The van der Waals surface area contributed by atoms with Crippen molar-refractivity contribution in [2.24, 2.45) is 0 Å². The second-order valence-corrected chi connectivity index (χ2v) is 8.63. The van der Waals surface area contributed by atoms with Gasteiger partial charge in [0.15, 0.2) is 0 Å². The largest absolute Gasteiger partial charge is 0.312 e. The lowest BCUT2D eigenvalue weighted by atomic mass is 10.1. The number of nitrogens with one attached hydrogen (secondary N) is 1. The summed E-state index contributed by atoms with van der Waals surface area (Å²) < 4.78 is 0. The summed E-state index contributed by atoms with van der Waals surface area (Å²) in [5, 5.41) is 12.7. The molecule has 2 heterocycles. The fourth-order valence-corrected chi connectivity index (χ4v) is 4.44. The average Bonchev–Trinajstić information content (AvgIpc) is 3.40. The van der Waals surface area contributed by atoms with Crippen LogP contribution in [0.4, 0.5) is 10.8 Å². The van der Waals surface area contributed by atoms with E-state index in [0.717, 1.165) is 22.7 Å². The lowest BCUT2D eigenvalue weighted by molar-refractivity contribution is -0.117. The summed E-state index contributed by atoms with van der Waals surface area (Å²) in [5.74, 6) is -0.291. The monoisotopic (exact) mass is 452 g/mol.